The van der Waals surface area contributed by atoms with Gasteiger partial charge in [-0.25, -0.2) is 4.98 Å². The molecule has 1 fully saturated rings. The fourth-order valence-electron chi connectivity index (χ4n) is 3.02. The van der Waals surface area contributed by atoms with Crippen molar-refractivity contribution in [3.8, 4) is 5.75 Å². The average Bonchev–Trinajstić information content (AvgIpc) is 2.65. The van der Waals surface area contributed by atoms with E-state index in [1.807, 2.05) is 18.2 Å². The number of nitrogens with zero attached hydrogens (tertiary/aromatic N) is 2. The van der Waals surface area contributed by atoms with Crippen LogP contribution in [0.15, 0.2) is 18.2 Å². The van der Waals surface area contributed by atoms with Crippen LogP contribution in [0.2, 0.25) is 0 Å². The highest BCUT2D eigenvalue weighted by Gasteiger charge is 2.39. The van der Waals surface area contributed by atoms with Gasteiger partial charge in [0.2, 0.25) is 5.95 Å². The number of imidazole rings is 1. The van der Waals surface area contributed by atoms with Gasteiger partial charge >= 0.3 is 0 Å². The number of rotatable bonds is 3. The first-order valence-corrected chi connectivity index (χ1v) is 6.52. The monoisotopic (exact) mass is 245 g/mol. The highest BCUT2D eigenvalue weighted by molar-refractivity contribution is 5.80. The number of methoxy groups -OCH3 is 1. The van der Waals surface area contributed by atoms with Gasteiger partial charge in [-0.2, -0.15) is 0 Å². The summed E-state index contributed by atoms with van der Waals surface area (Å²) in [4.78, 5) is 4.47. The normalized spacial score (nSPS) is 17.7. The third kappa shape index (κ3) is 1.41. The first-order chi connectivity index (χ1) is 8.70. The van der Waals surface area contributed by atoms with Crippen molar-refractivity contribution in [2.24, 2.45) is 0 Å². The number of hydrogen-bond donors (Lipinski definition) is 1. The Morgan fingerprint density at radius 3 is 2.78 bits per heavy atom. The summed E-state index contributed by atoms with van der Waals surface area (Å²) in [6.45, 7) is 2.23. The van der Waals surface area contributed by atoms with E-state index in [2.05, 4.69) is 16.5 Å². The predicted molar refractivity (Wildman–Crippen MR) is 72.8 cm³/mol. The molecule has 0 bridgehead atoms. The van der Waals surface area contributed by atoms with Gasteiger partial charge in [0.25, 0.3) is 0 Å². The van der Waals surface area contributed by atoms with E-state index in [0.29, 0.717) is 5.95 Å². The van der Waals surface area contributed by atoms with Crippen molar-refractivity contribution in [2.75, 3.05) is 12.8 Å². The Hall–Kier alpha value is -1.71. The summed E-state index contributed by atoms with van der Waals surface area (Å²) in [5, 5.41) is 0. The van der Waals surface area contributed by atoms with Crippen LogP contribution in [0.5, 0.6) is 5.75 Å². The van der Waals surface area contributed by atoms with Crippen LogP contribution < -0.4 is 10.5 Å². The lowest BCUT2D eigenvalue weighted by Gasteiger charge is -2.43. The topological polar surface area (TPSA) is 53.1 Å². The van der Waals surface area contributed by atoms with Crippen molar-refractivity contribution in [1.82, 2.24) is 9.55 Å². The minimum atomic E-state index is 0.172. The second-order valence-electron chi connectivity index (χ2n) is 5.09. The number of aromatic nitrogens is 2. The molecule has 1 aromatic heterocycles. The molecule has 3 rings (SSSR count). The molecule has 0 spiro atoms. The van der Waals surface area contributed by atoms with E-state index in [0.717, 1.165) is 23.2 Å². The molecule has 18 heavy (non-hydrogen) atoms. The summed E-state index contributed by atoms with van der Waals surface area (Å²) in [7, 11) is 1.68. The van der Waals surface area contributed by atoms with Gasteiger partial charge < -0.3 is 15.0 Å². The summed E-state index contributed by atoms with van der Waals surface area (Å²) >= 11 is 0. The fraction of sp³-hybridized carbons (Fsp3) is 0.500. The van der Waals surface area contributed by atoms with Crippen LogP contribution in [-0.2, 0) is 5.54 Å². The van der Waals surface area contributed by atoms with E-state index in [1.165, 1.54) is 19.3 Å². The Bertz CT molecular complexity index is 578. The van der Waals surface area contributed by atoms with Crippen molar-refractivity contribution in [1.29, 1.82) is 0 Å². The predicted octanol–water partition coefficient (Wildman–Crippen LogP) is 2.92. The van der Waals surface area contributed by atoms with E-state index in [1.54, 1.807) is 7.11 Å². The molecule has 0 radical (unpaired) electrons. The summed E-state index contributed by atoms with van der Waals surface area (Å²) in [6, 6.07) is 5.94. The van der Waals surface area contributed by atoms with E-state index in [4.69, 9.17) is 10.5 Å². The maximum absolute atomic E-state index is 6.13. The summed E-state index contributed by atoms with van der Waals surface area (Å²) in [5.41, 5.74) is 8.34. The smallest absolute Gasteiger partial charge is 0.201 e. The van der Waals surface area contributed by atoms with Crippen LogP contribution >= 0.6 is 0 Å². The number of anilines is 1. The van der Waals surface area contributed by atoms with Gasteiger partial charge in [0, 0.05) is 11.6 Å². The van der Waals surface area contributed by atoms with Gasteiger partial charge in [-0.1, -0.05) is 6.92 Å². The molecule has 0 aliphatic heterocycles. The maximum atomic E-state index is 6.13. The third-order valence-electron chi connectivity index (χ3n) is 4.30. The zero-order valence-corrected chi connectivity index (χ0v) is 10.9. The van der Waals surface area contributed by atoms with Crippen LogP contribution in [0.25, 0.3) is 11.0 Å². The average molecular weight is 245 g/mol. The third-order valence-corrected chi connectivity index (χ3v) is 4.30. The Morgan fingerprint density at radius 1 is 1.44 bits per heavy atom. The first kappa shape index (κ1) is 11.4. The molecule has 2 N–H and O–H groups in total. The second kappa shape index (κ2) is 3.90. The molecule has 1 aromatic carbocycles. The molecule has 1 aliphatic rings. The van der Waals surface area contributed by atoms with Gasteiger partial charge in [-0.15, -0.1) is 0 Å². The van der Waals surface area contributed by atoms with Crippen LogP contribution in [-0.4, -0.2) is 16.7 Å². The van der Waals surface area contributed by atoms with Crippen molar-refractivity contribution in [2.45, 2.75) is 38.1 Å². The fourth-order valence-corrected chi connectivity index (χ4v) is 3.02. The van der Waals surface area contributed by atoms with Crippen LogP contribution in [0, 0.1) is 0 Å². The van der Waals surface area contributed by atoms with Crippen molar-refractivity contribution < 1.29 is 4.74 Å². The summed E-state index contributed by atoms with van der Waals surface area (Å²) in [5.74, 6) is 1.48. The molecule has 96 valence electrons. The number of nitrogens with two attached hydrogens (primary N) is 1. The Morgan fingerprint density at radius 2 is 2.22 bits per heavy atom. The zero-order valence-electron chi connectivity index (χ0n) is 10.9. The molecule has 1 heterocycles. The zero-order chi connectivity index (χ0) is 12.8. The highest BCUT2D eigenvalue weighted by atomic mass is 16.5. The lowest BCUT2D eigenvalue weighted by molar-refractivity contribution is 0.144. The SMILES string of the molecule is CCC1(n2c(N)nc3ccc(OC)cc32)CCC1. The van der Waals surface area contributed by atoms with E-state index in [-0.39, 0.29) is 5.54 Å². The largest absolute Gasteiger partial charge is 0.497 e. The van der Waals surface area contributed by atoms with E-state index >= 15 is 0 Å². The van der Waals surface area contributed by atoms with Crippen molar-refractivity contribution in [3.05, 3.63) is 18.2 Å². The second-order valence-corrected chi connectivity index (χ2v) is 5.09. The minimum absolute atomic E-state index is 0.172. The molecule has 1 saturated carbocycles. The lowest BCUT2D eigenvalue weighted by atomic mass is 9.74. The van der Waals surface area contributed by atoms with E-state index in [9.17, 15) is 0 Å². The van der Waals surface area contributed by atoms with Gasteiger partial charge in [0.15, 0.2) is 0 Å². The number of fused-ring (bicyclic) bond motifs is 1. The molecule has 0 saturated heterocycles. The van der Waals surface area contributed by atoms with Crippen LogP contribution in [0.3, 0.4) is 0 Å². The van der Waals surface area contributed by atoms with Gasteiger partial charge in [0.05, 0.1) is 18.1 Å². The van der Waals surface area contributed by atoms with Crippen molar-refractivity contribution >= 4 is 17.0 Å². The quantitative estimate of drug-likeness (QED) is 0.904. The van der Waals surface area contributed by atoms with Crippen molar-refractivity contribution in [3.63, 3.8) is 0 Å². The number of benzene rings is 1. The van der Waals surface area contributed by atoms with E-state index < -0.39 is 0 Å². The molecule has 4 nitrogen and oxygen atoms in total. The van der Waals surface area contributed by atoms with Gasteiger partial charge in [0.1, 0.15) is 5.75 Å². The standard InChI is InChI=1S/C14H19N3O/c1-3-14(7-4-8-14)17-12-9-10(18-2)5-6-11(12)16-13(17)15/h5-6,9H,3-4,7-8H2,1-2H3,(H2,15,16). The first-order valence-electron chi connectivity index (χ1n) is 6.52. The highest BCUT2D eigenvalue weighted by Crippen LogP contribution is 2.45. The molecule has 0 atom stereocenters. The van der Waals surface area contributed by atoms with Gasteiger partial charge in [-0.3, -0.25) is 0 Å². The van der Waals surface area contributed by atoms with Crippen LogP contribution in [0.4, 0.5) is 5.95 Å². The molecule has 2 aromatic rings. The summed E-state index contributed by atoms with van der Waals surface area (Å²) < 4.78 is 7.52. The lowest BCUT2D eigenvalue weighted by Crippen LogP contribution is -2.40. The summed E-state index contributed by atoms with van der Waals surface area (Å²) in [6.07, 6.45) is 4.75. The molecule has 0 amide bonds. The molecule has 1 aliphatic carbocycles. The maximum Gasteiger partial charge on any atom is 0.201 e. The Balaban J connectivity index is 2.23. The molecule has 4 heteroatoms. The number of ether oxygens (including phenoxy) is 1. The molecular formula is C14H19N3O. The Labute approximate surface area is 107 Å². The van der Waals surface area contributed by atoms with Crippen LogP contribution in [0.1, 0.15) is 32.6 Å². The van der Waals surface area contributed by atoms with Gasteiger partial charge in [-0.05, 0) is 37.8 Å². The Kier molecular flexibility index (Phi) is 2.47. The number of hydrogen-bond acceptors (Lipinski definition) is 3. The molecule has 0 unspecified atom stereocenters. The number of nitrogen functional groups attached to an aromatic ring is 1. The minimum Gasteiger partial charge on any atom is -0.497 e. The molecular weight excluding hydrogens is 226 g/mol.